The van der Waals surface area contributed by atoms with Crippen LogP contribution in [0.1, 0.15) is 38.2 Å². The van der Waals surface area contributed by atoms with E-state index in [1.165, 1.54) is 35.2 Å². The number of anilines is 1. The fourth-order valence-corrected chi connectivity index (χ4v) is 7.07. The summed E-state index contributed by atoms with van der Waals surface area (Å²) >= 11 is 25.2. The third kappa shape index (κ3) is 7.67. The lowest BCUT2D eigenvalue weighted by Crippen LogP contribution is -2.52. The second-order valence-electron chi connectivity index (χ2n) is 9.84. The van der Waals surface area contributed by atoms with E-state index in [4.69, 9.17) is 46.4 Å². The van der Waals surface area contributed by atoms with Crippen molar-refractivity contribution in [2.45, 2.75) is 56.1 Å². The number of hydrogen-bond donors (Lipinski definition) is 1. The highest BCUT2D eigenvalue weighted by molar-refractivity contribution is 7.92. The van der Waals surface area contributed by atoms with Gasteiger partial charge in [-0.3, -0.25) is 13.9 Å². The summed E-state index contributed by atoms with van der Waals surface area (Å²) in [4.78, 5) is 28.7. The minimum atomic E-state index is -4.27. The van der Waals surface area contributed by atoms with Crippen LogP contribution in [0.2, 0.25) is 20.1 Å². The number of amides is 2. The lowest BCUT2D eigenvalue weighted by molar-refractivity contribution is -0.139. The molecule has 1 saturated carbocycles. The highest BCUT2D eigenvalue weighted by Gasteiger charge is 2.34. The number of carbonyl (C=O) groups excluding carboxylic acids is 2. The number of nitrogens with one attached hydrogen (secondary N) is 1. The summed E-state index contributed by atoms with van der Waals surface area (Å²) in [6, 6.07) is 16.0. The molecule has 7 nitrogen and oxygen atoms in total. The number of nitrogens with zero attached hydrogens (tertiary/aromatic N) is 2. The minimum Gasteiger partial charge on any atom is -0.352 e. The second kappa shape index (κ2) is 13.7. The third-order valence-electron chi connectivity index (χ3n) is 7.01. The van der Waals surface area contributed by atoms with Crippen LogP contribution in [0.5, 0.6) is 0 Å². The SMILES string of the molecule is C[C@@H](C(=O)NC1CCCC1)N(Cc1ccc(Cl)cc1Cl)C(=O)CN(c1cc(Cl)ccc1Cl)S(=O)(=O)c1ccccc1. The first-order valence-electron chi connectivity index (χ1n) is 13.0. The van der Waals surface area contributed by atoms with Gasteiger partial charge in [0.1, 0.15) is 12.6 Å². The Morgan fingerprint density at radius 2 is 1.54 bits per heavy atom. The molecule has 0 unspecified atom stereocenters. The normalized spacial score (nSPS) is 14.5. The van der Waals surface area contributed by atoms with Gasteiger partial charge in [0.2, 0.25) is 11.8 Å². The maximum absolute atomic E-state index is 14.1. The summed E-state index contributed by atoms with van der Waals surface area (Å²) in [5.74, 6) is -0.978. The summed E-state index contributed by atoms with van der Waals surface area (Å²) in [5.41, 5.74) is 0.576. The van der Waals surface area contributed by atoms with Crippen molar-refractivity contribution in [3.63, 3.8) is 0 Å². The molecule has 1 N–H and O–H groups in total. The van der Waals surface area contributed by atoms with Crippen LogP contribution in [0.25, 0.3) is 0 Å². The van der Waals surface area contributed by atoms with Crippen molar-refractivity contribution < 1.29 is 18.0 Å². The van der Waals surface area contributed by atoms with E-state index in [0.29, 0.717) is 15.6 Å². The van der Waals surface area contributed by atoms with Crippen molar-refractivity contribution in [2.24, 2.45) is 0 Å². The monoisotopic (exact) mass is 655 g/mol. The van der Waals surface area contributed by atoms with Gasteiger partial charge in [0.25, 0.3) is 10.0 Å². The summed E-state index contributed by atoms with van der Waals surface area (Å²) < 4.78 is 28.7. The molecule has 4 rings (SSSR count). The van der Waals surface area contributed by atoms with Crippen LogP contribution in [0.4, 0.5) is 5.69 Å². The minimum absolute atomic E-state index is 0.0289. The van der Waals surface area contributed by atoms with Crippen molar-refractivity contribution in [3.05, 3.63) is 92.4 Å². The molecule has 1 fully saturated rings. The van der Waals surface area contributed by atoms with Gasteiger partial charge in [0.05, 0.1) is 15.6 Å². The molecule has 2 amide bonds. The number of benzene rings is 3. The zero-order valence-electron chi connectivity index (χ0n) is 22.2. The molecule has 3 aromatic rings. The van der Waals surface area contributed by atoms with Gasteiger partial charge in [-0.05, 0) is 67.8 Å². The first-order valence-corrected chi connectivity index (χ1v) is 16.0. The Morgan fingerprint density at radius 1 is 0.902 bits per heavy atom. The maximum atomic E-state index is 14.1. The number of carbonyl (C=O) groups is 2. The molecule has 1 atom stereocenters. The molecule has 0 bridgehead atoms. The highest BCUT2D eigenvalue weighted by Crippen LogP contribution is 2.33. The summed E-state index contributed by atoms with van der Waals surface area (Å²) in [6.45, 7) is 0.897. The van der Waals surface area contributed by atoms with Crippen molar-refractivity contribution in [3.8, 4) is 0 Å². The van der Waals surface area contributed by atoms with Gasteiger partial charge in [-0.15, -0.1) is 0 Å². The Bertz CT molecular complexity index is 1520. The van der Waals surface area contributed by atoms with Crippen LogP contribution < -0.4 is 9.62 Å². The average Bonchev–Trinajstić information content (AvgIpc) is 3.45. The zero-order chi connectivity index (χ0) is 29.7. The fraction of sp³-hybridized carbons (Fsp3) is 0.310. The molecular formula is C29H29Cl4N3O4S. The Morgan fingerprint density at radius 3 is 2.20 bits per heavy atom. The highest BCUT2D eigenvalue weighted by atomic mass is 35.5. The molecule has 0 heterocycles. The molecule has 0 spiro atoms. The molecule has 1 aliphatic rings. The third-order valence-corrected chi connectivity index (χ3v) is 9.93. The topological polar surface area (TPSA) is 86.8 Å². The van der Waals surface area contributed by atoms with Gasteiger partial charge in [-0.1, -0.05) is 83.5 Å². The van der Waals surface area contributed by atoms with E-state index in [1.807, 2.05) is 0 Å². The predicted octanol–water partition coefficient (Wildman–Crippen LogP) is 6.97. The average molecular weight is 657 g/mol. The molecule has 0 aromatic heterocycles. The summed E-state index contributed by atoms with van der Waals surface area (Å²) in [6.07, 6.45) is 3.78. The largest absolute Gasteiger partial charge is 0.352 e. The van der Waals surface area contributed by atoms with Crippen LogP contribution in [-0.2, 0) is 26.2 Å². The standard InChI is InChI=1S/C29H29Cl4N3O4S/c1-19(29(38)34-23-7-5-6-8-23)35(17-20-11-12-21(30)15-26(20)33)28(37)18-36(27-16-22(31)13-14-25(27)32)41(39,40)24-9-3-2-4-10-24/h2-4,9-16,19,23H,5-8,17-18H2,1H3,(H,34,38)/t19-/m0/s1. The Hall–Kier alpha value is -2.49. The van der Waals surface area contributed by atoms with Gasteiger partial charge in [0, 0.05) is 27.7 Å². The van der Waals surface area contributed by atoms with Gasteiger partial charge in [-0.25, -0.2) is 8.42 Å². The second-order valence-corrected chi connectivity index (χ2v) is 13.4. The van der Waals surface area contributed by atoms with E-state index in [1.54, 1.807) is 43.3 Å². The maximum Gasteiger partial charge on any atom is 0.264 e. The van der Waals surface area contributed by atoms with Crippen LogP contribution >= 0.6 is 46.4 Å². The summed E-state index contributed by atoms with van der Waals surface area (Å²) in [5, 5.41) is 4.07. The molecule has 3 aromatic carbocycles. The summed E-state index contributed by atoms with van der Waals surface area (Å²) in [7, 11) is -4.27. The van der Waals surface area contributed by atoms with Gasteiger partial charge >= 0.3 is 0 Å². The van der Waals surface area contributed by atoms with Crippen LogP contribution in [0.15, 0.2) is 71.6 Å². The van der Waals surface area contributed by atoms with E-state index in [2.05, 4.69) is 5.32 Å². The van der Waals surface area contributed by atoms with Crippen LogP contribution in [-0.4, -0.2) is 43.8 Å². The van der Waals surface area contributed by atoms with E-state index in [9.17, 15) is 18.0 Å². The van der Waals surface area contributed by atoms with E-state index >= 15 is 0 Å². The number of rotatable bonds is 10. The zero-order valence-corrected chi connectivity index (χ0v) is 26.0. The van der Waals surface area contributed by atoms with Gasteiger partial charge < -0.3 is 10.2 Å². The van der Waals surface area contributed by atoms with Crippen molar-refractivity contribution in [2.75, 3.05) is 10.8 Å². The predicted molar refractivity (Wildman–Crippen MR) is 164 cm³/mol. The van der Waals surface area contributed by atoms with Crippen molar-refractivity contribution >= 4 is 73.9 Å². The number of sulfonamides is 1. The Labute approximate surface area is 260 Å². The molecule has 0 aliphatic heterocycles. The number of halogens is 4. The molecule has 0 saturated heterocycles. The van der Waals surface area contributed by atoms with E-state index in [0.717, 1.165) is 30.0 Å². The molecule has 41 heavy (non-hydrogen) atoms. The molecule has 0 radical (unpaired) electrons. The quantitative estimate of drug-likeness (QED) is 0.255. The van der Waals surface area contributed by atoms with Gasteiger partial charge in [0.15, 0.2) is 0 Å². The first-order chi connectivity index (χ1) is 19.5. The molecule has 12 heteroatoms. The molecule has 1 aliphatic carbocycles. The van der Waals surface area contributed by atoms with E-state index in [-0.39, 0.29) is 39.1 Å². The van der Waals surface area contributed by atoms with Crippen molar-refractivity contribution in [1.29, 1.82) is 0 Å². The lowest BCUT2D eigenvalue weighted by Gasteiger charge is -2.33. The fourth-order valence-electron chi connectivity index (χ4n) is 4.72. The van der Waals surface area contributed by atoms with Crippen LogP contribution in [0.3, 0.4) is 0 Å². The van der Waals surface area contributed by atoms with E-state index < -0.39 is 28.5 Å². The molecular weight excluding hydrogens is 628 g/mol. The Balaban J connectivity index is 1.73. The number of hydrogen-bond acceptors (Lipinski definition) is 4. The Kier molecular flexibility index (Phi) is 10.5. The molecule has 218 valence electrons. The first kappa shape index (κ1) is 31.4. The van der Waals surface area contributed by atoms with Gasteiger partial charge in [-0.2, -0.15) is 0 Å². The van der Waals surface area contributed by atoms with Crippen LogP contribution in [0, 0.1) is 0 Å². The smallest absolute Gasteiger partial charge is 0.264 e. The lowest BCUT2D eigenvalue weighted by atomic mass is 10.1. The van der Waals surface area contributed by atoms with Crippen molar-refractivity contribution in [1.82, 2.24) is 10.2 Å².